The van der Waals surface area contributed by atoms with E-state index in [0.29, 0.717) is 18.7 Å². The highest BCUT2D eigenvalue weighted by Crippen LogP contribution is 2.25. The van der Waals surface area contributed by atoms with E-state index in [4.69, 9.17) is 5.73 Å². The number of rotatable bonds is 5. The summed E-state index contributed by atoms with van der Waals surface area (Å²) in [7, 11) is 0. The highest BCUT2D eigenvalue weighted by Gasteiger charge is 2.35. The molecule has 7 heteroatoms. The van der Waals surface area contributed by atoms with Gasteiger partial charge < -0.3 is 21.1 Å². The molecule has 3 amide bonds. The molecule has 4 N–H and O–H groups in total. The zero-order chi connectivity index (χ0) is 19.4. The molecule has 2 aromatic rings. The van der Waals surface area contributed by atoms with Crippen molar-refractivity contribution in [3.05, 3.63) is 59.7 Å². The Morgan fingerprint density at radius 1 is 1.11 bits per heavy atom. The molecule has 3 rings (SSSR count). The number of carbonyl (C=O) groups is 3. The highest BCUT2D eigenvalue weighted by molar-refractivity contribution is 6.02. The summed E-state index contributed by atoms with van der Waals surface area (Å²) in [5, 5.41) is 12.7. The van der Waals surface area contributed by atoms with Crippen LogP contribution < -0.4 is 11.1 Å². The number of aromatic hydroxyl groups is 1. The van der Waals surface area contributed by atoms with E-state index in [2.05, 4.69) is 5.32 Å². The molecule has 140 valence electrons. The van der Waals surface area contributed by atoms with Crippen LogP contribution in [0.25, 0.3) is 0 Å². The molecule has 1 fully saturated rings. The smallest absolute Gasteiger partial charge is 0.258 e. The molecule has 0 saturated carbocycles. The van der Waals surface area contributed by atoms with Crippen molar-refractivity contribution >= 4 is 23.4 Å². The number of benzene rings is 2. The van der Waals surface area contributed by atoms with Crippen LogP contribution in [0.4, 0.5) is 5.69 Å². The summed E-state index contributed by atoms with van der Waals surface area (Å²) in [6.45, 7) is 0.461. The molecule has 2 aromatic carbocycles. The van der Waals surface area contributed by atoms with Gasteiger partial charge in [-0.1, -0.05) is 24.3 Å². The number of para-hydroxylation sites is 1. The van der Waals surface area contributed by atoms with Crippen molar-refractivity contribution in [1.82, 2.24) is 4.90 Å². The van der Waals surface area contributed by atoms with Crippen LogP contribution in [0.5, 0.6) is 5.75 Å². The van der Waals surface area contributed by atoms with Gasteiger partial charge in [0.2, 0.25) is 11.8 Å². The number of phenols is 1. The number of anilines is 1. The van der Waals surface area contributed by atoms with Gasteiger partial charge >= 0.3 is 0 Å². The van der Waals surface area contributed by atoms with E-state index in [1.165, 1.54) is 11.0 Å². The van der Waals surface area contributed by atoms with Gasteiger partial charge in [0.05, 0.1) is 12.0 Å². The Labute approximate surface area is 156 Å². The van der Waals surface area contributed by atoms with E-state index in [9.17, 15) is 19.5 Å². The Balaban J connectivity index is 1.69. The van der Waals surface area contributed by atoms with Gasteiger partial charge in [-0.25, -0.2) is 0 Å². The SMILES string of the molecule is NC(=O)Cc1ccc(NC(=O)[C@@H]2CCCN2C(=O)c2ccccc2O)cc1. The van der Waals surface area contributed by atoms with Crippen LogP contribution in [0.1, 0.15) is 28.8 Å². The average molecular weight is 367 g/mol. The highest BCUT2D eigenvalue weighted by atomic mass is 16.3. The van der Waals surface area contributed by atoms with E-state index in [0.717, 1.165) is 12.0 Å². The number of phenolic OH excluding ortho intramolecular Hbond substituents is 1. The van der Waals surface area contributed by atoms with Crippen molar-refractivity contribution in [2.75, 3.05) is 11.9 Å². The maximum atomic E-state index is 12.7. The van der Waals surface area contributed by atoms with E-state index in [1.54, 1.807) is 42.5 Å². The third-order valence-corrected chi connectivity index (χ3v) is 4.55. The lowest BCUT2D eigenvalue weighted by Gasteiger charge is -2.24. The molecule has 1 aliphatic heterocycles. The summed E-state index contributed by atoms with van der Waals surface area (Å²) < 4.78 is 0. The second-order valence-electron chi connectivity index (χ2n) is 6.50. The van der Waals surface area contributed by atoms with Crippen molar-refractivity contribution in [3.8, 4) is 5.75 Å². The van der Waals surface area contributed by atoms with E-state index >= 15 is 0 Å². The van der Waals surface area contributed by atoms with E-state index < -0.39 is 11.9 Å². The van der Waals surface area contributed by atoms with Gasteiger partial charge in [0, 0.05) is 12.2 Å². The van der Waals surface area contributed by atoms with Gasteiger partial charge in [-0.3, -0.25) is 14.4 Å². The Morgan fingerprint density at radius 3 is 2.48 bits per heavy atom. The molecule has 0 spiro atoms. The predicted octanol–water partition coefficient (Wildman–Crippen LogP) is 1.66. The maximum Gasteiger partial charge on any atom is 0.258 e. The summed E-state index contributed by atoms with van der Waals surface area (Å²) in [6.07, 6.45) is 1.42. The summed E-state index contributed by atoms with van der Waals surface area (Å²) in [5.74, 6) is -1.16. The van der Waals surface area contributed by atoms with Crippen LogP contribution in [0.3, 0.4) is 0 Å². The molecule has 1 aliphatic rings. The number of amides is 3. The quantitative estimate of drug-likeness (QED) is 0.746. The molecule has 7 nitrogen and oxygen atoms in total. The number of hydrogen-bond acceptors (Lipinski definition) is 4. The van der Waals surface area contributed by atoms with Crippen LogP contribution in [0, 0.1) is 0 Å². The van der Waals surface area contributed by atoms with Crippen molar-refractivity contribution in [2.24, 2.45) is 5.73 Å². The molecule has 27 heavy (non-hydrogen) atoms. The number of nitrogens with two attached hydrogens (primary N) is 1. The fourth-order valence-electron chi connectivity index (χ4n) is 3.22. The van der Waals surface area contributed by atoms with Crippen LogP contribution in [0.2, 0.25) is 0 Å². The summed E-state index contributed by atoms with van der Waals surface area (Å²) in [6, 6.07) is 12.5. The molecule has 0 radical (unpaired) electrons. The number of carbonyl (C=O) groups excluding carboxylic acids is 3. The average Bonchev–Trinajstić information content (AvgIpc) is 3.13. The Morgan fingerprint density at radius 2 is 1.81 bits per heavy atom. The van der Waals surface area contributed by atoms with Crippen molar-refractivity contribution in [2.45, 2.75) is 25.3 Å². The number of nitrogens with zero attached hydrogens (tertiary/aromatic N) is 1. The van der Waals surface area contributed by atoms with E-state index in [-0.39, 0.29) is 29.5 Å². The molecule has 1 saturated heterocycles. The molecule has 1 atom stereocenters. The van der Waals surface area contributed by atoms with Crippen LogP contribution in [-0.4, -0.2) is 40.3 Å². The zero-order valence-electron chi connectivity index (χ0n) is 14.7. The van der Waals surface area contributed by atoms with Gasteiger partial charge in [-0.05, 0) is 42.7 Å². The minimum atomic E-state index is -0.595. The summed E-state index contributed by atoms with van der Waals surface area (Å²) in [5.41, 5.74) is 6.69. The number of hydrogen-bond donors (Lipinski definition) is 3. The zero-order valence-corrected chi connectivity index (χ0v) is 14.7. The molecule has 0 aliphatic carbocycles. The number of likely N-dealkylation sites (tertiary alicyclic amines) is 1. The standard InChI is InChI=1S/C20H21N3O4/c21-18(25)12-13-7-9-14(10-8-13)22-19(26)16-5-3-11-23(16)20(27)15-4-1-2-6-17(15)24/h1-2,4,6-10,16,24H,3,5,11-12H2,(H2,21,25)(H,22,26)/t16-/m0/s1. The van der Waals surface area contributed by atoms with Crippen molar-refractivity contribution in [1.29, 1.82) is 0 Å². The fourth-order valence-corrected chi connectivity index (χ4v) is 3.22. The third-order valence-electron chi connectivity index (χ3n) is 4.55. The largest absolute Gasteiger partial charge is 0.507 e. The van der Waals surface area contributed by atoms with Crippen LogP contribution >= 0.6 is 0 Å². The first-order valence-electron chi connectivity index (χ1n) is 8.73. The first-order chi connectivity index (χ1) is 13.0. The van der Waals surface area contributed by atoms with Gasteiger partial charge in [0.1, 0.15) is 11.8 Å². The van der Waals surface area contributed by atoms with Crippen LogP contribution in [0.15, 0.2) is 48.5 Å². The van der Waals surface area contributed by atoms with Gasteiger partial charge in [0.15, 0.2) is 0 Å². The predicted molar refractivity (Wildman–Crippen MR) is 100 cm³/mol. The molecular formula is C20H21N3O4. The normalized spacial score (nSPS) is 16.1. The first-order valence-corrected chi connectivity index (χ1v) is 8.73. The number of primary amides is 1. The molecule has 0 bridgehead atoms. The second-order valence-corrected chi connectivity index (χ2v) is 6.50. The lowest BCUT2D eigenvalue weighted by molar-refractivity contribution is -0.120. The minimum Gasteiger partial charge on any atom is -0.507 e. The topological polar surface area (TPSA) is 113 Å². The van der Waals surface area contributed by atoms with E-state index in [1.807, 2.05) is 0 Å². The second kappa shape index (κ2) is 7.90. The minimum absolute atomic E-state index is 0.0985. The monoisotopic (exact) mass is 367 g/mol. The molecule has 1 heterocycles. The summed E-state index contributed by atoms with van der Waals surface area (Å²) in [4.78, 5) is 37.8. The Kier molecular flexibility index (Phi) is 5.40. The maximum absolute atomic E-state index is 12.7. The lowest BCUT2D eigenvalue weighted by Crippen LogP contribution is -2.43. The third kappa shape index (κ3) is 4.25. The van der Waals surface area contributed by atoms with Crippen molar-refractivity contribution in [3.63, 3.8) is 0 Å². The first kappa shape index (κ1) is 18.4. The lowest BCUT2D eigenvalue weighted by atomic mass is 10.1. The van der Waals surface area contributed by atoms with Gasteiger partial charge in [0.25, 0.3) is 5.91 Å². The Bertz CT molecular complexity index is 864. The van der Waals surface area contributed by atoms with Crippen molar-refractivity contribution < 1.29 is 19.5 Å². The number of nitrogens with one attached hydrogen (secondary N) is 1. The molecule has 0 unspecified atom stereocenters. The van der Waals surface area contributed by atoms with Gasteiger partial charge in [-0.15, -0.1) is 0 Å². The Hall–Kier alpha value is -3.35. The molecule has 0 aromatic heterocycles. The molecular weight excluding hydrogens is 346 g/mol. The van der Waals surface area contributed by atoms with Crippen LogP contribution in [-0.2, 0) is 16.0 Å². The fraction of sp³-hybridized carbons (Fsp3) is 0.250. The van der Waals surface area contributed by atoms with Gasteiger partial charge in [-0.2, -0.15) is 0 Å². The summed E-state index contributed by atoms with van der Waals surface area (Å²) >= 11 is 0.